The normalized spacial score (nSPS) is 12.0. The molecule has 0 aliphatic heterocycles. The first-order valence-corrected chi connectivity index (χ1v) is 8.02. The fourth-order valence-corrected chi connectivity index (χ4v) is 2.74. The summed E-state index contributed by atoms with van der Waals surface area (Å²) in [5.74, 6) is -0.426. The van der Waals surface area contributed by atoms with E-state index in [9.17, 15) is 4.39 Å². The standard InChI is InChI=1S/C19H14Cl2FNO/c20-13-7-5-12(6-8-13)19(15-3-1-2-4-16(15)21)24-18-10-9-14(23)11-17(18)22/h1-11,19H,23H2. The number of ether oxygens (including phenoxy) is 1. The largest absolute Gasteiger partial charge is 0.478 e. The zero-order valence-electron chi connectivity index (χ0n) is 12.5. The fourth-order valence-electron chi connectivity index (χ4n) is 2.38. The second-order valence-corrected chi connectivity index (χ2v) is 6.10. The second kappa shape index (κ2) is 7.12. The Morgan fingerprint density at radius 1 is 0.917 bits per heavy atom. The summed E-state index contributed by atoms with van der Waals surface area (Å²) in [6.45, 7) is 0. The molecule has 24 heavy (non-hydrogen) atoms. The summed E-state index contributed by atoms with van der Waals surface area (Å²) in [7, 11) is 0. The third kappa shape index (κ3) is 3.64. The lowest BCUT2D eigenvalue weighted by molar-refractivity contribution is 0.236. The molecule has 0 spiro atoms. The highest BCUT2D eigenvalue weighted by Crippen LogP contribution is 2.34. The van der Waals surface area contributed by atoms with Crippen LogP contribution < -0.4 is 10.5 Å². The van der Waals surface area contributed by atoms with Gasteiger partial charge in [0.25, 0.3) is 0 Å². The minimum atomic E-state index is -0.575. The summed E-state index contributed by atoms with van der Waals surface area (Å²) in [5, 5.41) is 1.14. The van der Waals surface area contributed by atoms with Gasteiger partial charge in [0.15, 0.2) is 17.7 Å². The van der Waals surface area contributed by atoms with E-state index in [1.54, 1.807) is 24.3 Å². The Labute approximate surface area is 149 Å². The molecule has 3 aromatic carbocycles. The average molecular weight is 362 g/mol. The van der Waals surface area contributed by atoms with Crippen LogP contribution in [0.3, 0.4) is 0 Å². The van der Waals surface area contributed by atoms with Gasteiger partial charge < -0.3 is 10.5 Å². The smallest absolute Gasteiger partial charge is 0.167 e. The van der Waals surface area contributed by atoms with Crippen molar-refractivity contribution >= 4 is 28.9 Å². The first kappa shape index (κ1) is 16.6. The van der Waals surface area contributed by atoms with Crippen LogP contribution in [-0.2, 0) is 0 Å². The predicted octanol–water partition coefficient (Wildman–Crippen LogP) is 5.88. The van der Waals surface area contributed by atoms with Crippen molar-refractivity contribution in [1.29, 1.82) is 0 Å². The van der Waals surface area contributed by atoms with Crippen LogP contribution in [0.25, 0.3) is 0 Å². The van der Waals surface area contributed by atoms with Gasteiger partial charge in [-0.1, -0.05) is 53.5 Å². The molecule has 0 aliphatic rings. The zero-order chi connectivity index (χ0) is 17.1. The van der Waals surface area contributed by atoms with Crippen molar-refractivity contribution < 1.29 is 9.13 Å². The molecule has 2 N–H and O–H groups in total. The van der Waals surface area contributed by atoms with E-state index in [4.69, 9.17) is 33.7 Å². The predicted molar refractivity (Wildman–Crippen MR) is 96.2 cm³/mol. The molecule has 1 atom stereocenters. The van der Waals surface area contributed by atoms with Crippen molar-refractivity contribution in [3.05, 3.63) is 93.7 Å². The third-order valence-electron chi connectivity index (χ3n) is 3.56. The minimum absolute atomic E-state index is 0.101. The van der Waals surface area contributed by atoms with E-state index in [2.05, 4.69) is 0 Å². The summed E-state index contributed by atoms with van der Waals surface area (Å²) < 4.78 is 20.1. The molecule has 0 fully saturated rings. The van der Waals surface area contributed by atoms with E-state index < -0.39 is 11.9 Å². The Bertz CT molecular complexity index is 852. The van der Waals surface area contributed by atoms with Crippen LogP contribution in [0.1, 0.15) is 17.2 Å². The van der Waals surface area contributed by atoms with Crippen molar-refractivity contribution in [2.24, 2.45) is 0 Å². The average Bonchev–Trinajstić information content (AvgIpc) is 2.56. The second-order valence-electron chi connectivity index (χ2n) is 5.26. The van der Waals surface area contributed by atoms with E-state index in [0.29, 0.717) is 15.7 Å². The van der Waals surface area contributed by atoms with Crippen molar-refractivity contribution in [1.82, 2.24) is 0 Å². The molecule has 2 nitrogen and oxygen atoms in total. The molecular formula is C19H14Cl2FNO. The van der Waals surface area contributed by atoms with Gasteiger partial charge in [0.05, 0.1) is 0 Å². The quantitative estimate of drug-likeness (QED) is 0.588. The lowest BCUT2D eigenvalue weighted by Crippen LogP contribution is -2.11. The van der Waals surface area contributed by atoms with E-state index in [1.807, 2.05) is 30.3 Å². The molecule has 3 rings (SSSR count). The van der Waals surface area contributed by atoms with E-state index in [1.165, 1.54) is 12.1 Å². The van der Waals surface area contributed by atoms with Crippen LogP contribution in [0.5, 0.6) is 5.75 Å². The molecular weight excluding hydrogens is 348 g/mol. The van der Waals surface area contributed by atoms with Gasteiger partial charge in [0.2, 0.25) is 0 Å². The number of benzene rings is 3. The van der Waals surface area contributed by atoms with E-state index >= 15 is 0 Å². The summed E-state index contributed by atoms with van der Waals surface area (Å²) in [6.07, 6.45) is -0.575. The number of nitrogen functional groups attached to an aromatic ring is 1. The summed E-state index contributed by atoms with van der Waals surface area (Å²) >= 11 is 12.3. The highest BCUT2D eigenvalue weighted by atomic mass is 35.5. The zero-order valence-corrected chi connectivity index (χ0v) is 14.1. The van der Waals surface area contributed by atoms with Gasteiger partial charge in [-0.15, -0.1) is 0 Å². The van der Waals surface area contributed by atoms with Gasteiger partial charge in [-0.05, 0) is 35.9 Å². The first-order chi connectivity index (χ1) is 11.5. The molecule has 0 radical (unpaired) electrons. The van der Waals surface area contributed by atoms with Gasteiger partial charge in [-0.3, -0.25) is 0 Å². The van der Waals surface area contributed by atoms with E-state index in [-0.39, 0.29) is 5.75 Å². The molecule has 0 bridgehead atoms. The van der Waals surface area contributed by atoms with Crippen molar-refractivity contribution in [3.8, 4) is 5.75 Å². The summed E-state index contributed by atoms with van der Waals surface area (Å²) in [5.41, 5.74) is 7.47. The monoisotopic (exact) mass is 361 g/mol. The van der Waals surface area contributed by atoms with Gasteiger partial charge in [0.1, 0.15) is 0 Å². The highest BCUT2D eigenvalue weighted by Gasteiger charge is 2.20. The maximum absolute atomic E-state index is 14.1. The third-order valence-corrected chi connectivity index (χ3v) is 4.16. The van der Waals surface area contributed by atoms with Crippen LogP contribution in [0.15, 0.2) is 66.7 Å². The van der Waals surface area contributed by atoms with Gasteiger partial charge in [-0.2, -0.15) is 0 Å². The fraction of sp³-hybridized carbons (Fsp3) is 0.0526. The minimum Gasteiger partial charge on any atom is -0.478 e. The summed E-state index contributed by atoms with van der Waals surface area (Å²) in [4.78, 5) is 0. The van der Waals surface area contributed by atoms with E-state index in [0.717, 1.165) is 11.1 Å². The highest BCUT2D eigenvalue weighted by molar-refractivity contribution is 6.31. The maximum Gasteiger partial charge on any atom is 0.167 e. The molecule has 0 saturated carbocycles. The molecule has 0 saturated heterocycles. The van der Waals surface area contributed by atoms with Crippen molar-refractivity contribution in [2.75, 3.05) is 5.73 Å². The topological polar surface area (TPSA) is 35.2 Å². The molecule has 122 valence electrons. The lowest BCUT2D eigenvalue weighted by atomic mass is 10.0. The van der Waals surface area contributed by atoms with Crippen molar-refractivity contribution in [3.63, 3.8) is 0 Å². The number of anilines is 1. The number of hydrogen-bond donors (Lipinski definition) is 1. The molecule has 3 aromatic rings. The molecule has 0 amide bonds. The Kier molecular flexibility index (Phi) is 4.93. The van der Waals surface area contributed by atoms with Crippen LogP contribution in [-0.4, -0.2) is 0 Å². The molecule has 0 aliphatic carbocycles. The number of halogens is 3. The Morgan fingerprint density at radius 3 is 2.29 bits per heavy atom. The maximum atomic E-state index is 14.1. The number of hydrogen-bond acceptors (Lipinski definition) is 2. The first-order valence-electron chi connectivity index (χ1n) is 7.26. The van der Waals surface area contributed by atoms with Crippen LogP contribution in [0, 0.1) is 5.82 Å². The SMILES string of the molecule is Nc1ccc(OC(c2ccc(Cl)cc2)c2ccccc2Cl)c(F)c1. The van der Waals surface area contributed by atoms with Gasteiger partial charge in [0, 0.05) is 27.4 Å². The Morgan fingerprint density at radius 2 is 1.62 bits per heavy atom. The number of rotatable bonds is 4. The van der Waals surface area contributed by atoms with Gasteiger partial charge >= 0.3 is 0 Å². The summed E-state index contributed by atoms with van der Waals surface area (Å²) in [6, 6.07) is 18.8. The van der Waals surface area contributed by atoms with Crippen LogP contribution in [0.4, 0.5) is 10.1 Å². The Balaban J connectivity index is 2.05. The molecule has 0 heterocycles. The van der Waals surface area contributed by atoms with Crippen LogP contribution >= 0.6 is 23.2 Å². The van der Waals surface area contributed by atoms with Crippen molar-refractivity contribution in [2.45, 2.75) is 6.10 Å². The number of nitrogens with two attached hydrogens (primary N) is 1. The lowest BCUT2D eigenvalue weighted by Gasteiger charge is -2.21. The van der Waals surface area contributed by atoms with Gasteiger partial charge in [-0.25, -0.2) is 4.39 Å². The molecule has 1 unspecified atom stereocenters. The molecule has 5 heteroatoms. The Hall–Kier alpha value is -2.23. The molecule has 0 aromatic heterocycles. The van der Waals surface area contributed by atoms with Crippen LogP contribution in [0.2, 0.25) is 10.0 Å².